The first-order chi connectivity index (χ1) is 6.29. The van der Waals surface area contributed by atoms with Crippen LogP contribution in [0.5, 0.6) is 0 Å². The fourth-order valence-corrected chi connectivity index (χ4v) is 1.93. The summed E-state index contributed by atoms with van der Waals surface area (Å²) in [5, 5.41) is 10.7. The van der Waals surface area contributed by atoms with Crippen LogP contribution in [-0.2, 0) is 6.42 Å². The zero-order valence-corrected chi connectivity index (χ0v) is 7.87. The van der Waals surface area contributed by atoms with Crippen molar-refractivity contribution in [3.8, 4) is 0 Å². The zero-order valence-electron chi connectivity index (χ0n) is 7.05. The first kappa shape index (κ1) is 8.68. The van der Waals surface area contributed by atoms with Crippen molar-refractivity contribution in [2.24, 2.45) is 5.73 Å². The number of nitrogens with two attached hydrogens (primary N) is 1. The van der Waals surface area contributed by atoms with Gasteiger partial charge in [0.1, 0.15) is 0 Å². The number of hydrogen-bond acceptors (Lipinski definition) is 4. The van der Waals surface area contributed by atoms with Crippen LogP contribution >= 0.6 is 11.3 Å². The van der Waals surface area contributed by atoms with Gasteiger partial charge in [0.25, 0.3) is 0 Å². The Labute approximate surface area is 79.6 Å². The fraction of sp³-hybridized carbons (Fsp3) is 0.375. The Bertz CT molecular complexity index is 366. The minimum Gasteiger partial charge on any atom is -0.395 e. The highest BCUT2D eigenvalue weighted by molar-refractivity contribution is 7.15. The van der Waals surface area contributed by atoms with E-state index in [1.807, 2.05) is 22.2 Å². The highest BCUT2D eigenvalue weighted by atomic mass is 32.1. The number of rotatable bonds is 3. The van der Waals surface area contributed by atoms with Crippen LogP contribution in [0.25, 0.3) is 4.96 Å². The van der Waals surface area contributed by atoms with Crippen molar-refractivity contribution in [1.29, 1.82) is 0 Å². The van der Waals surface area contributed by atoms with Crippen molar-refractivity contribution in [2.45, 2.75) is 12.5 Å². The molecule has 5 heteroatoms. The molecule has 13 heavy (non-hydrogen) atoms. The Hall–Kier alpha value is -0.910. The van der Waals surface area contributed by atoms with Crippen LogP contribution in [0.2, 0.25) is 0 Å². The van der Waals surface area contributed by atoms with Gasteiger partial charge in [0.15, 0.2) is 4.96 Å². The lowest BCUT2D eigenvalue weighted by Crippen LogP contribution is -2.26. The second-order valence-electron chi connectivity index (χ2n) is 2.97. The van der Waals surface area contributed by atoms with E-state index in [9.17, 15) is 0 Å². The minimum absolute atomic E-state index is 0.00513. The number of aromatic nitrogens is 2. The molecule has 0 amide bonds. The lowest BCUT2D eigenvalue weighted by Gasteiger charge is -2.03. The van der Waals surface area contributed by atoms with E-state index in [-0.39, 0.29) is 12.6 Å². The fourth-order valence-electron chi connectivity index (χ4n) is 1.21. The lowest BCUT2D eigenvalue weighted by atomic mass is 10.2. The Morgan fingerprint density at radius 3 is 3.23 bits per heavy atom. The molecule has 2 heterocycles. The molecular weight excluding hydrogens is 186 g/mol. The molecule has 0 bridgehead atoms. The van der Waals surface area contributed by atoms with Crippen molar-refractivity contribution < 1.29 is 5.11 Å². The number of imidazole rings is 1. The van der Waals surface area contributed by atoms with Crippen LogP contribution in [-0.4, -0.2) is 27.1 Å². The standard InChI is InChI=1S/C8H11N3OS/c9-6(5-12)3-7-4-11-1-2-13-8(11)10-7/h1-2,4,6,12H,3,5,9H2. The second-order valence-corrected chi connectivity index (χ2v) is 3.84. The lowest BCUT2D eigenvalue weighted by molar-refractivity contribution is 0.264. The topological polar surface area (TPSA) is 63.5 Å². The third-order valence-electron chi connectivity index (χ3n) is 1.85. The van der Waals surface area contributed by atoms with Gasteiger partial charge in [-0.15, -0.1) is 11.3 Å². The second kappa shape index (κ2) is 3.45. The molecule has 0 aliphatic heterocycles. The number of nitrogens with zero attached hydrogens (tertiary/aromatic N) is 2. The molecule has 4 nitrogen and oxygen atoms in total. The third kappa shape index (κ3) is 1.72. The van der Waals surface area contributed by atoms with Gasteiger partial charge in [-0.3, -0.25) is 4.40 Å². The van der Waals surface area contributed by atoms with E-state index in [1.54, 1.807) is 11.3 Å². The van der Waals surface area contributed by atoms with Gasteiger partial charge in [-0.25, -0.2) is 4.98 Å². The summed E-state index contributed by atoms with van der Waals surface area (Å²) in [6, 6.07) is -0.204. The zero-order chi connectivity index (χ0) is 9.26. The maximum absolute atomic E-state index is 8.76. The Kier molecular flexibility index (Phi) is 2.30. The highest BCUT2D eigenvalue weighted by Crippen LogP contribution is 2.11. The van der Waals surface area contributed by atoms with Crippen LogP contribution in [0.4, 0.5) is 0 Å². The molecule has 2 aromatic rings. The van der Waals surface area contributed by atoms with E-state index in [2.05, 4.69) is 4.98 Å². The molecule has 2 rings (SSSR count). The molecule has 3 N–H and O–H groups in total. The predicted molar refractivity (Wildman–Crippen MR) is 51.8 cm³/mol. The van der Waals surface area contributed by atoms with E-state index in [0.29, 0.717) is 6.42 Å². The molecule has 0 aliphatic carbocycles. The Balaban J connectivity index is 2.20. The Morgan fingerprint density at radius 2 is 2.54 bits per heavy atom. The number of aliphatic hydroxyl groups excluding tert-OH is 1. The number of fused-ring (bicyclic) bond motifs is 1. The van der Waals surface area contributed by atoms with E-state index in [1.165, 1.54) is 0 Å². The van der Waals surface area contributed by atoms with Crippen LogP contribution < -0.4 is 5.73 Å². The van der Waals surface area contributed by atoms with Gasteiger partial charge >= 0.3 is 0 Å². The molecule has 0 aliphatic rings. The molecule has 0 aromatic carbocycles. The van der Waals surface area contributed by atoms with Gasteiger partial charge < -0.3 is 10.8 Å². The van der Waals surface area contributed by atoms with E-state index >= 15 is 0 Å². The summed E-state index contributed by atoms with van der Waals surface area (Å²) >= 11 is 1.59. The van der Waals surface area contributed by atoms with Crippen LogP contribution in [0.1, 0.15) is 5.69 Å². The molecule has 2 aromatic heterocycles. The predicted octanol–water partition coefficient (Wildman–Crippen LogP) is 0.258. The monoisotopic (exact) mass is 197 g/mol. The largest absolute Gasteiger partial charge is 0.395 e. The maximum Gasteiger partial charge on any atom is 0.193 e. The number of hydrogen-bond donors (Lipinski definition) is 2. The summed E-state index contributed by atoms with van der Waals surface area (Å²) in [6.07, 6.45) is 4.53. The summed E-state index contributed by atoms with van der Waals surface area (Å²) in [5.74, 6) is 0. The number of thiazole rings is 1. The summed E-state index contributed by atoms with van der Waals surface area (Å²) in [7, 11) is 0. The Morgan fingerprint density at radius 1 is 1.69 bits per heavy atom. The normalized spacial score (nSPS) is 13.7. The van der Waals surface area contributed by atoms with E-state index in [0.717, 1.165) is 10.7 Å². The molecule has 0 fully saturated rings. The van der Waals surface area contributed by atoms with Crippen LogP contribution in [0.3, 0.4) is 0 Å². The molecule has 0 radical (unpaired) electrons. The molecule has 0 spiro atoms. The van der Waals surface area contributed by atoms with Crippen molar-refractivity contribution in [3.63, 3.8) is 0 Å². The van der Waals surface area contributed by atoms with E-state index < -0.39 is 0 Å². The quantitative estimate of drug-likeness (QED) is 0.741. The summed E-state index contributed by atoms with van der Waals surface area (Å²) in [4.78, 5) is 5.32. The van der Waals surface area contributed by atoms with Gasteiger partial charge in [0.2, 0.25) is 0 Å². The SMILES string of the molecule is NC(CO)Cc1cn2ccsc2n1. The molecule has 0 saturated carbocycles. The summed E-state index contributed by atoms with van der Waals surface area (Å²) < 4.78 is 1.96. The van der Waals surface area contributed by atoms with Crippen LogP contribution in [0.15, 0.2) is 17.8 Å². The third-order valence-corrected chi connectivity index (χ3v) is 2.62. The van der Waals surface area contributed by atoms with Crippen LogP contribution in [0, 0.1) is 0 Å². The first-order valence-electron chi connectivity index (χ1n) is 4.07. The van der Waals surface area contributed by atoms with Crippen molar-refractivity contribution in [2.75, 3.05) is 6.61 Å². The average Bonchev–Trinajstić information content (AvgIpc) is 2.63. The molecule has 0 saturated heterocycles. The molecular formula is C8H11N3OS. The van der Waals surface area contributed by atoms with Gasteiger partial charge in [-0.05, 0) is 0 Å². The average molecular weight is 197 g/mol. The van der Waals surface area contributed by atoms with E-state index in [4.69, 9.17) is 10.8 Å². The summed E-state index contributed by atoms with van der Waals surface area (Å²) in [6.45, 7) is 0.00513. The first-order valence-corrected chi connectivity index (χ1v) is 4.95. The summed E-state index contributed by atoms with van der Waals surface area (Å²) in [5.41, 5.74) is 6.54. The molecule has 1 atom stereocenters. The molecule has 70 valence electrons. The van der Waals surface area contributed by atoms with Gasteiger partial charge in [-0.1, -0.05) is 0 Å². The van der Waals surface area contributed by atoms with Crippen molar-refractivity contribution in [1.82, 2.24) is 9.38 Å². The highest BCUT2D eigenvalue weighted by Gasteiger charge is 2.06. The van der Waals surface area contributed by atoms with Gasteiger partial charge in [-0.2, -0.15) is 0 Å². The minimum atomic E-state index is -0.204. The van der Waals surface area contributed by atoms with Gasteiger partial charge in [0, 0.05) is 30.2 Å². The molecule has 1 unspecified atom stereocenters. The van der Waals surface area contributed by atoms with Crippen molar-refractivity contribution in [3.05, 3.63) is 23.5 Å². The smallest absolute Gasteiger partial charge is 0.193 e. The van der Waals surface area contributed by atoms with Crippen molar-refractivity contribution >= 4 is 16.3 Å². The maximum atomic E-state index is 8.76. The number of aliphatic hydroxyl groups is 1. The van der Waals surface area contributed by atoms with Gasteiger partial charge in [0.05, 0.1) is 12.3 Å².